The summed E-state index contributed by atoms with van der Waals surface area (Å²) in [6, 6.07) is 9.74. The number of unbranched alkanes of at least 4 members (excludes halogenated alkanes) is 3. The van der Waals surface area contributed by atoms with E-state index in [1.807, 2.05) is 42.3 Å². The predicted octanol–water partition coefficient (Wildman–Crippen LogP) is 4.06. The molecule has 2 atom stereocenters. The third-order valence-electron chi connectivity index (χ3n) is 5.21. The number of esters is 1. The Bertz CT molecular complexity index is 684. The number of ketones is 1. The van der Waals surface area contributed by atoms with E-state index in [0.717, 1.165) is 24.8 Å². The van der Waals surface area contributed by atoms with Crippen molar-refractivity contribution in [2.45, 2.75) is 70.6 Å². The second kappa shape index (κ2) is 16.6. The molecule has 0 amide bonds. The summed E-state index contributed by atoms with van der Waals surface area (Å²) in [4.78, 5) is 35.0. The van der Waals surface area contributed by atoms with Crippen LogP contribution in [-0.4, -0.2) is 66.0 Å². The van der Waals surface area contributed by atoms with E-state index in [-0.39, 0.29) is 30.4 Å². The lowest BCUT2D eigenvalue weighted by molar-refractivity contribution is -0.141. The first-order valence-electron chi connectivity index (χ1n) is 11.2. The summed E-state index contributed by atoms with van der Waals surface area (Å²) >= 11 is 5.36. The molecule has 1 fully saturated rings. The minimum absolute atomic E-state index is 0.0550. The van der Waals surface area contributed by atoms with Crippen molar-refractivity contribution in [1.29, 1.82) is 0 Å². The highest BCUT2D eigenvalue weighted by atomic mass is 35.5. The van der Waals surface area contributed by atoms with Crippen LogP contribution in [0.5, 0.6) is 0 Å². The first-order valence-corrected chi connectivity index (χ1v) is 11.7. The van der Waals surface area contributed by atoms with Gasteiger partial charge in [-0.15, -0.1) is 11.6 Å². The number of hydrogen-bond acceptors (Lipinski definition) is 6. The number of carbonyl (C=O) groups is 3. The molecule has 1 aliphatic carbocycles. The quantitative estimate of drug-likeness (QED) is 0.264. The van der Waals surface area contributed by atoms with Crippen molar-refractivity contribution in [3.8, 4) is 0 Å². The molecule has 32 heavy (non-hydrogen) atoms. The number of carboxylic acid groups (broad SMARTS) is 1. The molecule has 0 spiro atoms. The Morgan fingerprint density at radius 3 is 2.53 bits per heavy atom. The molecule has 1 saturated carbocycles. The number of halogens is 1. The fourth-order valence-electron chi connectivity index (χ4n) is 3.37. The van der Waals surface area contributed by atoms with Crippen molar-refractivity contribution >= 4 is 29.3 Å². The lowest BCUT2D eigenvalue weighted by Gasteiger charge is -2.22. The van der Waals surface area contributed by atoms with Crippen molar-refractivity contribution in [1.82, 2.24) is 4.90 Å². The first-order chi connectivity index (χ1) is 15.4. The maximum atomic E-state index is 12.1. The molecule has 1 aromatic rings. The van der Waals surface area contributed by atoms with Gasteiger partial charge in [-0.3, -0.25) is 19.3 Å². The van der Waals surface area contributed by atoms with Crippen LogP contribution >= 0.6 is 11.6 Å². The third-order valence-corrected chi connectivity index (χ3v) is 5.43. The largest absolute Gasteiger partial charge is 0.481 e. The number of likely N-dealkylation sites (N-methyl/N-ethyl adjacent to an activating group) is 1. The molecule has 1 aliphatic rings. The molecular weight excluding hydrogens is 434 g/mol. The molecule has 1 N–H and O–H groups in total. The van der Waals surface area contributed by atoms with Gasteiger partial charge in [0.05, 0.1) is 18.8 Å². The summed E-state index contributed by atoms with van der Waals surface area (Å²) in [5.41, 5.74) is 1.10. The zero-order valence-electron chi connectivity index (χ0n) is 19.1. The van der Waals surface area contributed by atoms with E-state index in [1.165, 1.54) is 6.42 Å². The predicted molar refractivity (Wildman–Crippen MR) is 124 cm³/mol. The number of carboxylic acids is 1. The van der Waals surface area contributed by atoms with Crippen molar-refractivity contribution in [2.24, 2.45) is 0 Å². The monoisotopic (exact) mass is 469 g/mol. The molecule has 2 rings (SSSR count). The van der Waals surface area contributed by atoms with E-state index in [4.69, 9.17) is 26.2 Å². The van der Waals surface area contributed by atoms with Gasteiger partial charge in [0.15, 0.2) is 5.78 Å². The maximum absolute atomic E-state index is 12.1. The Morgan fingerprint density at radius 1 is 1.19 bits per heavy atom. The zero-order valence-corrected chi connectivity index (χ0v) is 19.9. The highest BCUT2D eigenvalue weighted by Crippen LogP contribution is 2.23. The number of alkyl halides is 1. The molecule has 1 aromatic carbocycles. The van der Waals surface area contributed by atoms with Gasteiger partial charge in [-0.05, 0) is 25.5 Å². The summed E-state index contributed by atoms with van der Waals surface area (Å²) in [6.45, 7) is 3.37. The van der Waals surface area contributed by atoms with Crippen LogP contribution in [-0.2, 0) is 30.5 Å². The van der Waals surface area contributed by atoms with Crippen LogP contribution in [0.15, 0.2) is 30.3 Å². The Balaban J connectivity index is 0.000000482. The van der Waals surface area contributed by atoms with E-state index in [1.54, 1.807) is 0 Å². The summed E-state index contributed by atoms with van der Waals surface area (Å²) in [6.07, 6.45) is 5.61. The topological polar surface area (TPSA) is 93.1 Å². The number of benzene rings is 1. The molecule has 0 aliphatic heterocycles. The number of carbonyl (C=O) groups excluding carboxylic acids is 2. The Labute approximate surface area is 196 Å². The van der Waals surface area contributed by atoms with Gasteiger partial charge >= 0.3 is 11.9 Å². The second-order valence-corrected chi connectivity index (χ2v) is 8.15. The summed E-state index contributed by atoms with van der Waals surface area (Å²) in [5, 5.41) is 8.21. The lowest BCUT2D eigenvalue weighted by Crippen LogP contribution is -2.37. The molecule has 180 valence electrons. The number of aliphatic carboxylic acids is 1. The van der Waals surface area contributed by atoms with Crippen molar-refractivity contribution in [3.63, 3.8) is 0 Å². The highest BCUT2D eigenvalue weighted by Gasteiger charge is 2.35. The molecule has 8 heteroatoms. The van der Waals surface area contributed by atoms with Gasteiger partial charge in [0.1, 0.15) is 12.5 Å². The molecule has 0 bridgehead atoms. The third kappa shape index (κ3) is 12.2. The number of hydrogen-bond donors (Lipinski definition) is 1. The fourth-order valence-corrected chi connectivity index (χ4v) is 3.44. The molecular formula is C24H36ClNO6. The van der Waals surface area contributed by atoms with Crippen molar-refractivity contribution in [3.05, 3.63) is 35.9 Å². The number of nitrogens with zero attached hydrogens (tertiary/aromatic N) is 1. The Hall–Kier alpha value is -1.96. The van der Waals surface area contributed by atoms with Crippen LogP contribution < -0.4 is 0 Å². The molecule has 0 heterocycles. The van der Waals surface area contributed by atoms with Crippen LogP contribution in [0, 0.1) is 0 Å². The molecule has 0 unspecified atom stereocenters. The van der Waals surface area contributed by atoms with Crippen LogP contribution in [0.1, 0.15) is 57.4 Å². The van der Waals surface area contributed by atoms with Crippen LogP contribution in [0.2, 0.25) is 0 Å². The normalized spacial score (nSPS) is 17.7. The Kier molecular flexibility index (Phi) is 14.6. The van der Waals surface area contributed by atoms with E-state index in [9.17, 15) is 14.4 Å². The van der Waals surface area contributed by atoms with E-state index in [0.29, 0.717) is 32.4 Å². The van der Waals surface area contributed by atoms with Crippen LogP contribution in [0.3, 0.4) is 0 Å². The highest BCUT2D eigenvalue weighted by molar-refractivity contribution is 6.26. The van der Waals surface area contributed by atoms with Crippen LogP contribution in [0.25, 0.3) is 0 Å². The Morgan fingerprint density at radius 2 is 1.91 bits per heavy atom. The van der Waals surface area contributed by atoms with Gasteiger partial charge < -0.3 is 14.6 Å². The standard InChI is InChI=1S/C17H22ClNO4.C7H14O2/c1-19(7-8-22-17(21)11-18)15-9-14(10-16(15)20)23-12-13-5-3-2-4-6-13;1-2-3-4-5-6-7(8)9/h2-6,14-15H,7-12H2,1H3;2-6H2,1H3,(H,8,9)/t14-,15-;/m0./s1. The van der Waals surface area contributed by atoms with E-state index < -0.39 is 11.9 Å². The summed E-state index contributed by atoms with van der Waals surface area (Å²) < 4.78 is 10.8. The van der Waals surface area contributed by atoms with Gasteiger partial charge in [0.2, 0.25) is 0 Å². The van der Waals surface area contributed by atoms with Gasteiger partial charge in [-0.2, -0.15) is 0 Å². The second-order valence-electron chi connectivity index (χ2n) is 7.88. The fraction of sp³-hybridized carbons (Fsp3) is 0.625. The zero-order chi connectivity index (χ0) is 23.8. The van der Waals surface area contributed by atoms with Gasteiger partial charge in [0.25, 0.3) is 0 Å². The average Bonchev–Trinajstić information content (AvgIpc) is 3.16. The molecule has 7 nitrogen and oxygen atoms in total. The number of ether oxygens (including phenoxy) is 2. The number of rotatable bonds is 13. The maximum Gasteiger partial charge on any atom is 0.320 e. The number of Topliss-reactive ketones (excluding diaryl/α,β-unsaturated/α-hetero) is 1. The molecule has 0 radical (unpaired) electrons. The van der Waals surface area contributed by atoms with Crippen LogP contribution in [0.4, 0.5) is 0 Å². The van der Waals surface area contributed by atoms with Gasteiger partial charge in [-0.1, -0.05) is 56.5 Å². The van der Waals surface area contributed by atoms with E-state index >= 15 is 0 Å². The molecule has 0 saturated heterocycles. The average molecular weight is 470 g/mol. The smallest absolute Gasteiger partial charge is 0.320 e. The van der Waals surface area contributed by atoms with Gasteiger partial charge in [0, 0.05) is 19.4 Å². The van der Waals surface area contributed by atoms with E-state index in [2.05, 4.69) is 6.92 Å². The minimum Gasteiger partial charge on any atom is -0.481 e. The van der Waals surface area contributed by atoms with Crippen molar-refractivity contribution < 1.29 is 29.0 Å². The summed E-state index contributed by atoms with van der Waals surface area (Å²) in [7, 11) is 1.86. The van der Waals surface area contributed by atoms with Crippen molar-refractivity contribution in [2.75, 3.05) is 26.1 Å². The summed E-state index contributed by atoms with van der Waals surface area (Å²) in [5.74, 6) is -1.09. The first kappa shape index (κ1) is 28.1. The molecule has 0 aromatic heterocycles. The SMILES string of the molecule is CCCCCCC(=O)O.CN(CCOC(=O)CCl)[C@H]1C[C@H](OCc2ccccc2)CC1=O. The lowest BCUT2D eigenvalue weighted by atomic mass is 10.2. The van der Waals surface area contributed by atoms with Gasteiger partial charge in [-0.25, -0.2) is 0 Å². The minimum atomic E-state index is -0.675.